The number of rotatable bonds is 6. The summed E-state index contributed by atoms with van der Waals surface area (Å²) in [7, 11) is 0. The van der Waals surface area contributed by atoms with Crippen LogP contribution in [0.15, 0.2) is 24.4 Å². The largest absolute Gasteiger partial charge is 0.396 e. The Morgan fingerprint density at radius 3 is 2.62 bits per heavy atom. The van der Waals surface area contributed by atoms with Crippen molar-refractivity contribution in [3.05, 3.63) is 41.6 Å². The SMILES string of the molecule is OCC1(CNCc2cn[nH]c2-c2c(F)cccc2F)CCOCC1. The highest BCUT2D eigenvalue weighted by Crippen LogP contribution is 2.30. The van der Waals surface area contributed by atoms with E-state index in [1.54, 1.807) is 6.20 Å². The van der Waals surface area contributed by atoms with Gasteiger partial charge < -0.3 is 15.2 Å². The van der Waals surface area contributed by atoms with Crippen molar-refractivity contribution in [2.75, 3.05) is 26.4 Å². The van der Waals surface area contributed by atoms with E-state index in [0.29, 0.717) is 37.6 Å². The van der Waals surface area contributed by atoms with Crippen molar-refractivity contribution in [1.29, 1.82) is 0 Å². The molecular weight excluding hydrogens is 316 g/mol. The second-order valence-electron chi connectivity index (χ2n) is 6.24. The summed E-state index contributed by atoms with van der Waals surface area (Å²) in [5.74, 6) is -1.26. The van der Waals surface area contributed by atoms with Gasteiger partial charge in [0.15, 0.2) is 0 Å². The van der Waals surface area contributed by atoms with Crippen molar-refractivity contribution in [1.82, 2.24) is 15.5 Å². The average Bonchev–Trinajstić information content (AvgIpc) is 3.04. The van der Waals surface area contributed by atoms with Gasteiger partial charge in [0.25, 0.3) is 0 Å². The van der Waals surface area contributed by atoms with Crippen LogP contribution in [-0.4, -0.2) is 41.7 Å². The van der Waals surface area contributed by atoms with E-state index in [2.05, 4.69) is 15.5 Å². The van der Waals surface area contributed by atoms with Gasteiger partial charge in [0.2, 0.25) is 0 Å². The second-order valence-corrected chi connectivity index (χ2v) is 6.24. The van der Waals surface area contributed by atoms with Crippen LogP contribution in [0.4, 0.5) is 8.78 Å². The molecule has 0 bridgehead atoms. The van der Waals surface area contributed by atoms with Crippen molar-refractivity contribution in [2.45, 2.75) is 19.4 Å². The molecule has 0 radical (unpaired) electrons. The molecule has 1 aliphatic heterocycles. The highest BCUT2D eigenvalue weighted by Gasteiger charge is 2.31. The summed E-state index contributed by atoms with van der Waals surface area (Å²) in [6.07, 6.45) is 3.14. The number of nitrogens with one attached hydrogen (secondary N) is 2. The Bertz CT molecular complexity index is 664. The van der Waals surface area contributed by atoms with Gasteiger partial charge in [-0.05, 0) is 25.0 Å². The van der Waals surface area contributed by atoms with Gasteiger partial charge in [-0.15, -0.1) is 0 Å². The van der Waals surface area contributed by atoms with Crippen LogP contribution in [0.2, 0.25) is 0 Å². The van der Waals surface area contributed by atoms with Gasteiger partial charge in [0.1, 0.15) is 11.6 Å². The molecule has 0 atom stereocenters. The number of aromatic nitrogens is 2. The molecule has 0 spiro atoms. The minimum Gasteiger partial charge on any atom is -0.396 e. The van der Waals surface area contributed by atoms with E-state index in [-0.39, 0.29) is 17.6 Å². The average molecular weight is 337 g/mol. The number of hydrogen-bond donors (Lipinski definition) is 3. The minimum atomic E-state index is -0.628. The monoisotopic (exact) mass is 337 g/mol. The normalized spacial score (nSPS) is 17.1. The third-order valence-electron chi connectivity index (χ3n) is 4.63. The van der Waals surface area contributed by atoms with Crippen LogP contribution >= 0.6 is 0 Å². The lowest BCUT2D eigenvalue weighted by atomic mass is 9.81. The molecule has 0 amide bonds. The number of aliphatic hydroxyl groups is 1. The number of aromatic amines is 1. The van der Waals surface area contributed by atoms with Gasteiger partial charge in [-0.25, -0.2) is 8.78 Å². The lowest BCUT2D eigenvalue weighted by molar-refractivity contribution is -0.0154. The first kappa shape index (κ1) is 17.0. The van der Waals surface area contributed by atoms with E-state index >= 15 is 0 Å². The lowest BCUT2D eigenvalue weighted by Crippen LogP contribution is -2.41. The summed E-state index contributed by atoms with van der Waals surface area (Å²) in [6.45, 7) is 2.38. The molecule has 1 fully saturated rings. The summed E-state index contributed by atoms with van der Waals surface area (Å²) in [6, 6.07) is 3.77. The summed E-state index contributed by atoms with van der Waals surface area (Å²) < 4.78 is 33.3. The molecule has 0 aliphatic carbocycles. The third-order valence-corrected chi connectivity index (χ3v) is 4.63. The first-order chi connectivity index (χ1) is 11.7. The van der Waals surface area contributed by atoms with Crippen LogP contribution < -0.4 is 5.32 Å². The Hall–Kier alpha value is -1.83. The Balaban J connectivity index is 1.70. The topological polar surface area (TPSA) is 70.2 Å². The lowest BCUT2D eigenvalue weighted by Gasteiger charge is -2.35. The summed E-state index contributed by atoms with van der Waals surface area (Å²) >= 11 is 0. The Labute approximate surface area is 139 Å². The number of aliphatic hydroxyl groups excluding tert-OH is 1. The molecule has 0 saturated carbocycles. The number of halogens is 2. The van der Waals surface area contributed by atoms with Crippen LogP contribution in [0.5, 0.6) is 0 Å². The number of benzene rings is 1. The molecule has 3 rings (SSSR count). The van der Waals surface area contributed by atoms with E-state index in [1.807, 2.05) is 0 Å². The number of hydrogen-bond acceptors (Lipinski definition) is 4. The van der Waals surface area contributed by atoms with Crippen LogP contribution in [0, 0.1) is 17.0 Å². The van der Waals surface area contributed by atoms with Gasteiger partial charge in [-0.3, -0.25) is 5.10 Å². The van der Waals surface area contributed by atoms with Crippen molar-refractivity contribution in [3.8, 4) is 11.3 Å². The molecule has 0 unspecified atom stereocenters. The molecule has 5 nitrogen and oxygen atoms in total. The van der Waals surface area contributed by atoms with Crippen LogP contribution in [-0.2, 0) is 11.3 Å². The van der Waals surface area contributed by atoms with Gasteiger partial charge in [0, 0.05) is 37.3 Å². The number of ether oxygens (including phenoxy) is 1. The molecule has 2 aromatic rings. The predicted octanol–water partition coefficient (Wildman–Crippen LogP) is 2.23. The van der Waals surface area contributed by atoms with E-state index < -0.39 is 11.6 Å². The summed E-state index contributed by atoms with van der Waals surface area (Å²) in [4.78, 5) is 0. The van der Waals surface area contributed by atoms with Crippen LogP contribution in [0.1, 0.15) is 18.4 Å². The molecule has 7 heteroatoms. The molecule has 1 aromatic heterocycles. The van der Waals surface area contributed by atoms with Crippen molar-refractivity contribution < 1.29 is 18.6 Å². The molecule has 3 N–H and O–H groups in total. The maximum Gasteiger partial charge on any atom is 0.135 e. The van der Waals surface area contributed by atoms with E-state index in [1.165, 1.54) is 18.2 Å². The first-order valence-corrected chi connectivity index (χ1v) is 8.01. The van der Waals surface area contributed by atoms with Gasteiger partial charge >= 0.3 is 0 Å². The zero-order valence-corrected chi connectivity index (χ0v) is 13.3. The molecule has 2 heterocycles. The van der Waals surface area contributed by atoms with E-state index in [9.17, 15) is 13.9 Å². The fraction of sp³-hybridized carbons (Fsp3) is 0.471. The Morgan fingerprint density at radius 2 is 1.96 bits per heavy atom. The summed E-state index contributed by atoms with van der Waals surface area (Å²) in [5, 5.41) is 19.6. The number of H-pyrrole nitrogens is 1. The van der Waals surface area contributed by atoms with Gasteiger partial charge in [0.05, 0.1) is 24.1 Å². The minimum absolute atomic E-state index is 0.0869. The molecule has 130 valence electrons. The Morgan fingerprint density at radius 1 is 1.25 bits per heavy atom. The molecule has 24 heavy (non-hydrogen) atoms. The van der Waals surface area contributed by atoms with E-state index in [4.69, 9.17) is 4.74 Å². The van der Waals surface area contributed by atoms with Gasteiger partial charge in [-0.2, -0.15) is 5.10 Å². The second kappa shape index (κ2) is 7.38. The van der Waals surface area contributed by atoms with Gasteiger partial charge in [-0.1, -0.05) is 6.07 Å². The van der Waals surface area contributed by atoms with E-state index in [0.717, 1.165) is 12.8 Å². The third kappa shape index (κ3) is 3.48. The van der Waals surface area contributed by atoms with Crippen molar-refractivity contribution >= 4 is 0 Å². The Kier molecular flexibility index (Phi) is 5.23. The fourth-order valence-corrected chi connectivity index (χ4v) is 3.06. The van der Waals surface area contributed by atoms with Crippen molar-refractivity contribution in [3.63, 3.8) is 0 Å². The zero-order valence-electron chi connectivity index (χ0n) is 13.3. The molecular formula is C17H21F2N3O2. The zero-order chi connectivity index (χ0) is 17.0. The fourth-order valence-electron chi connectivity index (χ4n) is 3.06. The predicted molar refractivity (Wildman–Crippen MR) is 85.2 cm³/mol. The van der Waals surface area contributed by atoms with Crippen molar-refractivity contribution in [2.24, 2.45) is 5.41 Å². The quantitative estimate of drug-likeness (QED) is 0.756. The number of nitrogens with zero attached hydrogens (tertiary/aromatic N) is 1. The summed E-state index contributed by atoms with van der Waals surface area (Å²) in [5.41, 5.74) is 0.711. The maximum absolute atomic E-state index is 14.0. The smallest absolute Gasteiger partial charge is 0.135 e. The molecule has 1 saturated heterocycles. The highest BCUT2D eigenvalue weighted by atomic mass is 19.1. The highest BCUT2D eigenvalue weighted by molar-refractivity contribution is 5.64. The standard InChI is InChI=1S/C17H21F2N3O2/c18-13-2-1-3-14(19)15(13)16-12(9-21-22-16)8-20-10-17(11-23)4-6-24-7-5-17/h1-3,9,20,23H,4-8,10-11H2,(H,21,22). The molecule has 1 aliphatic rings. The maximum atomic E-state index is 14.0. The first-order valence-electron chi connectivity index (χ1n) is 8.01. The van der Waals surface area contributed by atoms with Crippen LogP contribution in [0.3, 0.4) is 0 Å². The molecule has 1 aromatic carbocycles. The van der Waals surface area contributed by atoms with Crippen LogP contribution in [0.25, 0.3) is 11.3 Å².